The second kappa shape index (κ2) is 8.58. The molecule has 0 aromatic carbocycles. The molecule has 6 rings (SSSR count). The molecule has 3 N–H and O–H groups in total. The number of nitrogens with one attached hydrogen (secondary N) is 1. The van der Waals surface area contributed by atoms with Crippen LogP contribution >= 0.6 is 0 Å². The third kappa shape index (κ3) is 4.14. The van der Waals surface area contributed by atoms with Gasteiger partial charge in [0.15, 0.2) is 0 Å². The number of hydrogen-bond donors (Lipinski definition) is 2. The zero-order chi connectivity index (χ0) is 25.7. The van der Waals surface area contributed by atoms with Crippen LogP contribution in [0.3, 0.4) is 0 Å². The number of ether oxygens (including phenoxy) is 1. The number of hydrogen-bond acceptors (Lipinski definition) is 6. The fourth-order valence-electron chi connectivity index (χ4n) is 5.59. The van der Waals surface area contributed by atoms with E-state index in [4.69, 9.17) is 10.5 Å². The average Bonchev–Trinajstić information content (AvgIpc) is 3.26. The van der Waals surface area contributed by atoms with E-state index in [0.29, 0.717) is 11.3 Å². The second-order valence-corrected chi connectivity index (χ2v) is 10.1. The molecule has 0 saturated heterocycles. The van der Waals surface area contributed by atoms with Gasteiger partial charge in [-0.25, -0.2) is 9.97 Å². The quantitative estimate of drug-likeness (QED) is 0.419. The minimum absolute atomic E-state index is 0.00958. The number of imidazole rings is 1. The lowest BCUT2D eigenvalue weighted by Gasteiger charge is -2.57. The van der Waals surface area contributed by atoms with E-state index in [1.807, 2.05) is 18.3 Å². The van der Waals surface area contributed by atoms with Crippen molar-refractivity contribution in [2.45, 2.75) is 37.8 Å². The number of aromatic nitrogens is 4. The first-order valence-corrected chi connectivity index (χ1v) is 12.2. The number of aryl methyl sites for hydroxylation is 1. The van der Waals surface area contributed by atoms with Crippen LogP contribution in [0, 0.1) is 5.41 Å². The summed E-state index contributed by atoms with van der Waals surface area (Å²) < 4.78 is 9.22. The van der Waals surface area contributed by atoms with Crippen LogP contribution in [-0.2, 0) is 7.05 Å². The minimum atomic E-state index is -0.556. The summed E-state index contributed by atoms with van der Waals surface area (Å²) in [6.07, 6.45) is 10.2. The van der Waals surface area contributed by atoms with Gasteiger partial charge in [0.05, 0.1) is 6.20 Å². The average molecular weight is 499 g/mol. The van der Waals surface area contributed by atoms with Crippen molar-refractivity contribution >= 4 is 17.5 Å². The maximum absolute atomic E-state index is 13.0. The number of primary amides is 1. The molecular formula is C27H26N6O4. The first kappa shape index (κ1) is 23.0. The first-order chi connectivity index (χ1) is 17.8. The molecule has 10 heteroatoms. The molecule has 0 unspecified atom stereocenters. The van der Waals surface area contributed by atoms with Crippen molar-refractivity contribution in [3.8, 4) is 17.0 Å². The predicted molar refractivity (Wildman–Crippen MR) is 135 cm³/mol. The molecule has 2 aliphatic rings. The third-order valence-electron chi connectivity index (χ3n) is 7.50. The Hall–Kier alpha value is -4.47. The fraction of sp³-hybridized carbons (Fsp3) is 0.296. The van der Waals surface area contributed by atoms with E-state index in [0.717, 1.165) is 36.8 Å². The number of rotatable bonds is 6. The Morgan fingerprint density at radius 2 is 1.92 bits per heavy atom. The summed E-state index contributed by atoms with van der Waals surface area (Å²) in [5, 5.41) is 3.13. The van der Waals surface area contributed by atoms with Gasteiger partial charge < -0.3 is 20.4 Å². The number of nitrogens with two attached hydrogens (primary N) is 1. The van der Waals surface area contributed by atoms with Crippen molar-refractivity contribution in [2.75, 3.05) is 0 Å². The van der Waals surface area contributed by atoms with Crippen LogP contribution in [0.2, 0.25) is 0 Å². The summed E-state index contributed by atoms with van der Waals surface area (Å²) in [5.41, 5.74) is 8.73. The highest BCUT2D eigenvalue weighted by Crippen LogP contribution is 2.56. The first-order valence-electron chi connectivity index (χ1n) is 12.2. The highest BCUT2D eigenvalue weighted by atomic mass is 16.5. The fourth-order valence-corrected chi connectivity index (χ4v) is 5.59. The van der Waals surface area contributed by atoms with Crippen molar-refractivity contribution in [1.29, 1.82) is 0 Å². The van der Waals surface area contributed by atoms with Gasteiger partial charge >= 0.3 is 0 Å². The molecule has 0 aliphatic heterocycles. The normalized spacial score (nSPS) is 22.3. The molecular weight excluding hydrogens is 472 g/mol. The summed E-state index contributed by atoms with van der Waals surface area (Å²) in [5.74, 6) is -0.431. The SMILES string of the molecule is Cn1cc(-c2ccn3c(C(=O)N[C@H]4CC5(C4)C[C@H](Oc4ncccc4C(N)=O)C5)cnc3c2)ccc1=O. The van der Waals surface area contributed by atoms with Crippen LogP contribution in [0.25, 0.3) is 16.8 Å². The Labute approximate surface area is 212 Å². The number of carbonyl (C=O) groups is 2. The second-order valence-electron chi connectivity index (χ2n) is 10.1. The molecule has 4 aromatic rings. The van der Waals surface area contributed by atoms with Gasteiger partial charge in [0.2, 0.25) is 11.4 Å². The maximum Gasteiger partial charge on any atom is 0.270 e. The molecule has 10 nitrogen and oxygen atoms in total. The lowest BCUT2D eigenvalue weighted by molar-refractivity contribution is -0.0848. The number of nitrogens with zero attached hydrogens (tertiary/aromatic N) is 4. The molecule has 4 aromatic heterocycles. The van der Waals surface area contributed by atoms with E-state index in [9.17, 15) is 14.4 Å². The molecule has 188 valence electrons. The number of fused-ring (bicyclic) bond motifs is 1. The van der Waals surface area contributed by atoms with E-state index < -0.39 is 5.91 Å². The Balaban J connectivity index is 1.06. The van der Waals surface area contributed by atoms with Crippen molar-refractivity contribution in [3.05, 3.63) is 82.8 Å². The van der Waals surface area contributed by atoms with Gasteiger partial charge in [-0.15, -0.1) is 0 Å². The molecule has 2 saturated carbocycles. The zero-order valence-electron chi connectivity index (χ0n) is 20.3. The van der Waals surface area contributed by atoms with Gasteiger partial charge in [-0.1, -0.05) is 0 Å². The Morgan fingerprint density at radius 3 is 2.68 bits per heavy atom. The Kier molecular flexibility index (Phi) is 5.32. The molecule has 2 aliphatic carbocycles. The van der Waals surface area contributed by atoms with E-state index in [2.05, 4.69) is 15.3 Å². The molecule has 2 fully saturated rings. The number of amides is 2. The standard InChI is InChI=1S/C27H26N6O4/c1-32-15-17(4-5-23(32)34)16-6-8-33-21(14-30-22(33)9-16)25(36)31-18-10-27(11-18)12-19(13-27)37-26-20(24(28)35)3-2-7-29-26/h2-9,14-15,18-19H,10-13H2,1H3,(H2,28,35)(H,31,36)/t18-,19-,27?. The van der Waals surface area contributed by atoms with Gasteiger partial charge in [-0.3, -0.25) is 18.8 Å². The predicted octanol–water partition coefficient (Wildman–Crippen LogP) is 2.31. The van der Waals surface area contributed by atoms with Crippen molar-refractivity contribution in [1.82, 2.24) is 24.3 Å². The molecule has 0 atom stereocenters. The molecule has 4 heterocycles. The van der Waals surface area contributed by atoms with Gasteiger partial charge in [-0.2, -0.15) is 0 Å². The highest BCUT2D eigenvalue weighted by Gasteiger charge is 2.54. The molecule has 2 amide bonds. The van der Waals surface area contributed by atoms with Crippen LogP contribution in [0.1, 0.15) is 46.5 Å². The van der Waals surface area contributed by atoms with E-state index >= 15 is 0 Å². The van der Waals surface area contributed by atoms with Crippen LogP contribution in [-0.4, -0.2) is 42.9 Å². The van der Waals surface area contributed by atoms with Crippen molar-refractivity contribution in [2.24, 2.45) is 18.2 Å². The molecule has 37 heavy (non-hydrogen) atoms. The van der Waals surface area contributed by atoms with E-state index in [1.165, 1.54) is 10.6 Å². The lowest BCUT2D eigenvalue weighted by atomic mass is 9.53. The third-order valence-corrected chi connectivity index (χ3v) is 7.50. The van der Waals surface area contributed by atoms with E-state index in [1.54, 1.807) is 48.2 Å². The van der Waals surface area contributed by atoms with Gasteiger partial charge in [0.1, 0.15) is 23.0 Å². The summed E-state index contributed by atoms with van der Waals surface area (Å²) in [7, 11) is 1.71. The number of pyridine rings is 3. The van der Waals surface area contributed by atoms with E-state index in [-0.39, 0.29) is 40.5 Å². The Morgan fingerprint density at radius 1 is 1.11 bits per heavy atom. The Bertz CT molecular complexity index is 1590. The van der Waals surface area contributed by atoms with Gasteiger partial charge in [0.25, 0.3) is 11.8 Å². The lowest BCUT2D eigenvalue weighted by Crippen LogP contribution is -2.58. The maximum atomic E-state index is 13.0. The van der Waals surface area contributed by atoms with Gasteiger partial charge in [-0.05, 0) is 72.6 Å². The summed E-state index contributed by atoms with van der Waals surface area (Å²) in [6.45, 7) is 0. The van der Waals surface area contributed by atoms with Crippen molar-refractivity contribution in [3.63, 3.8) is 0 Å². The topological polar surface area (TPSA) is 134 Å². The van der Waals surface area contributed by atoms with Crippen molar-refractivity contribution < 1.29 is 14.3 Å². The van der Waals surface area contributed by atoms with Crippen LogP contribution < -0.4 is 21.3 Å². The van der Waals surface area contributed by atoms with Gasteiger partial charge in [0, 0.05) is 37.7 Å². The summed E-state index contributed by atoms with van der Waals surface area (Å²) >= 11 is 0. The van der Waals surface area contributed by atoms with Crippen LogP contribution in [0.5, 0.6) is 5.88 Å². The smallest absolute Gasteiger partial charge is 0.270 e. The minimum Gasteiger partial charge on any atom is -0.474 e. The summed E-state index contributed by atoms with van der Waals surface area (Å²) in [4.78, 5) is 44.8. The molecule has 1 spiro atoms. The zero-order valence-corrected chi connectivity index (χ0v) is 20.3. The molecule has 0 radical (unpaired) electrons. The monoisotopic (exact) mass is 498 g/mol. The summed E-state index contributed by atoms with van der Waals surface area (Å²) in [6, 6.07) is 10.5. The largest absolute Gasteiger partial charge is 0.474 e. The van der Waals surface area contributed by atoms with Crippen LogP contribution in [0.15, 0.2) is 66.0 Å². The molecule has 0 bridgehead atoms. The number of carbonyl (C=O) groups excluding carboxylic acids is 2. The highest BCUT2D eigenvalue weighted by molar-refractivity contribution is 5.95. The van der Waals surface area contributed by atoms with Crippen LogP contribution in [0.4, 0.5) is 0 Å².